The van der Waals surface area contributed by atoms with Crippen molar-refractivity contribution < 1.29 is 4.74 Å². The standard InChI is InChI=1S/C14H17BrN2OS/c1-3-6-16-8-10-9-19-14(17-10)12-7-11(18-2)4-5-13(12)15/h4-5,7,9,16H,3,6,8H2,1-2H3. The van der Waals surface area contributed by atoms with E-state index >= 15 is 0 Å². The molecule has 1 aromatic carbocycles. The van der Waals surface area contributed by atoms with Gasteiger partial charge in [0.1, 0.15) is 10.8 Å². The van der Waals surface area contributed by atoms with E-state index in [0.717, 1.165) is 46.0 Å². The minimum Gasteiger partial charge on any atom is -0.497 e. The van der Waals surface area contributed by atoms with E-state index in [4.69, 9.17) is 4.74 Å². The Morgan fingerprint density at radius 2 is 2.26 bits per heavy atom. The minimum atomic E-state index is 0.825. The smallest absolute Gasteiger partial charge is 0.124 e. The van der Waals surface area contributed by atoms with Crippen LogP contribution in [0.3, 0.4) is 0 Å². The molecule has 0 saturated heterocycles. The lowest BCUT2D eigenvalue weighted by Gasteiger charge is -2.04. The summed E-state index contributed by atoms with van der Waals surface area (Å²) in [6.45, 7) is 4.01. The second-order valence-corrected chi connectivity index (χ2v) is 5.88. The zero-order valence-electron chi connectivity index (χ0n) is 11.1. The van der Waals surface area contributed by atoms with Gasteiger partial charge in [-0.25, -0.2) is 4.98 Å². The highest BCUT2D eigenvalue weighted by Gasteiger charge is 2.09. The van der Waals surface area contributed by atoms with Gasteiger partial charge in [0.2, 0.25) is 0 Å². The predicted molar refractivity (Wildman–Crippen MR) is 83.8 cm³/mol. The van der Waals surface area contributed by atoms with Crippen LogP contribution in [0.2, 0.25) is 0 Å². The van der Waals surface area contributed by atoms with Gasteiger partial charge in [-0.3, -0.25) is 0 Å². The number of nitrogens with one attached hydrogen (secondary N) is 1. The molecule has 0 fully saturated rings. The average Bonchev–Trinajstić information content (AvgIpc) is 2.88. The van der Waals surface area contributed by atoms with Crippen LogP contribution in [-0.2, 0) is 6.54 Å². The first-order valence-electron chi connectivity index (χ1n) is 6.23. The van der Waals surface area contributed by atoms with Crippen molar-refractivity contribution in [1.82, 2.24) is 10.3 Å². The van der Waals surface area contributed by atoms with E-state index in [1.54, 1.807) is 18.4 Å². The first-order chi connectivity index (χ1) is 9.24. The molecule has 5 heteroatoms. The van der Waals surface area contributed by atoms with Gasteiger partial charge >= 0.3 is 0 Å². The summed E-state index contributed by atoms with van der Waals surface area (Å²) < 4.78 is 6.30. The zero-order chi connectivity index (χ0) is 13.7. The van der Waals surface area contributed by atoms with Gasteiger partial charge in [0, 0.05) is 22.0 Å². The molecule has 0 aliphatic carbocycles. The van der Waals surface area contributed by atoms with Crippen molar-refractivity contribution >= 4 is 27.3 Å². The molecule has 1 heterocycles. The van der Waals surface area contributed by atoms with Crippen molar-refractivity contribution in [3.8, 4) is 16.3 Å². The third-order valence-electron chi connectivity index (χ3n) is 2.69. The molecule has 0 aliphatic heterocycles. The van der Waals surface area contributed by atoms with E-state index in [2.05, 4.69) is 38.5 Å². The highest BCUT2D eigenvalue weighted by Crippen LogP contribution is 2.33. The second-order valence-electron chi connectivity index (χ2n) is 4.17. The molecule has 0 amide bonds. The fraction of sp³-hybridized carbons (Fsp3) is 0.357. The van der Waals surface area contributed by atoms with E-state index in [1.165, 1.54) is 0 Å². The van der Waals surface area contributed by atoms with Crippen molar-refractivity contribution in [3.05, 3.63) is 33.7 Å². The highest BCUT2D eigenvalue weighted by molar-refractivity contribution is 9.10. The number of nitrogens with zero attached hydrogens (tertiary/aromatic N) is 1. The largest absolute Gasteiger partial charge is 0.497 e. The number of benzene rings is 1. The molecule has 3 nitrogen and oxygen atoms in total. The molecule has 1 aromatic heterocycles. The summed E-state index contributed by atoms with van der Waals surface area (Å²) in [4.78, 5) is 4.66. The fourth-order valence-electron chi connectivity index (χ4n) is 1.70. The molecule has 0 bridgehead atoms. The van der Waals surface area contributed by atoms with Crippen LogP contribution in [0.15, 0.2) is 28.1 Å². The van der Waals surface area contributed by atoms with Crippen molar-refractivity contribution in [1.29, 1.82) is 0 Å². The molecule has 0 atom stereocenters. The molecule has 2 aromatic rings. The van der Waals surface area contributed by atoms with Crippen LogP contribution < -0.4 is 10.1 Å². The molecular formula is C14H17BrN2OS. The third-order valence-corrected chi connectivity index (χ3v) is 4.30. The summed E-state index contributed by atoms with van der Waals surface area (Å²) in [6, 6.07) is 5.93. The van der Waals surface area contributed by atoms with Gasteiger partial charge in [-0.05, 0) is 31.2 Å². The third kappa shape index (κ3) is 3.78. The fourth-order valence-corrected chi connectivity index (χ4v) is 3.12. The molecule has 2 rings (SSSR count). The summed E-state index contributed by atoms with van der Waals surface area (Å²) in [5.41, 5.74) is 2.16. The SMILES string of the molecule is CCCNCc1csc(-c2cc(OC)ccc2Br)n1. The van der Waals surface area contributed by atoms with E-state index in [-0.39, 0.29) is 0 Å². The number of hydrogen-bond acceptors (Lipinski definition) is 4. The maximum absolute atomic E-state index is 5.26. The molecule has 102 valence electrons. The van der Waals surface area contributed by atoms with Crippen LogP contribution in [0.25, 0.3) is 10.6 Å². The Morgan fingerprint density at radius 1 is 1.42 bits per heavy atom. The highest BCUT2D eigenvalue weighted by atomic mass is 79.9. The minimum absolute atomic E-state index is 0.825. The maximum atomic E-state index is 5.26. The number of halogens is 1. The van der Waals surface area contributed by atoms with E-state index in [1.807, 2.05) is 18.2 Å². The van der Waals surface area contributed by atoms with Gasteiger partial charge in [0.25, 0.3) is 0 Å². The van der Waals surface area contributed by atoms with Gasteiger partial charge in [0.15, 0.2) is 0 Å². The lowest BCUT2D eigenvalue weighted by molar-refractivity contribution is 0.415. The molecule has 0 aliphatic rings. The molecule has 0 unspecified atom stereocenters. The Morgan fingerprint density at radius 3 is 3.00 bits per heavy atom. The Balaban J connectivity index is 2.17. The molecular weight excluding hydrogens is 324 g/mol. The normalized spacial score (nSPS) is 10.7. The predicted octanol–water partition coefficient (Wildman–Crippen LogP) is 4.08. The zero-order valence-corrected chi connectivity index (χ0v) is 13.5. The van der Waals surface area contributed by atoms with Gasteiger partial charge < -0.3 is 10.1 Å². The Kier molecular flexibility index (Phi) is 5.36. The van der Waals surface area contributed by atoms with Gasteiger partial charge in [0.05, 0.1) is 12.8 Å². The van der Waals surface area contributed by atoms with Crippen LogP contribution in [0.5, 0.6) is 5.75 Å². The van der Waals surface area contributed by atoms with E-state index in [0.29, 0.717) is 0 Å². The van der Waals surface area contributed by atoms with Crippen LogP contribution >= 0.6 is 27.3 Å². The van der Waals surface area contributed by atoms with Crippen LogP contribution in [0.4, 0.5) is 0 Å². The summed E-state index contributed by atoms with van der Waals surface area (Å²) in [5.74, 6) is 0.846. The van der Waals surface area contributed by atoms with Crippen LogP contribution in [-0.4, -0.2) is 18.6 Å². The molecule has 0 spiro atoms. The van der Waals surface area contributed by atoms with Crippen LogP contribution in [0, 0.1) is 0 Å². The quantitative estimate of drug-likeness (QED) is 0.804. The summed E-state index contributed by atoms with van der Waals surface area (Å²) in [7, 11) is 1.68. The van der Waals surface area contributed by atoms with Gasteiger partial charge in [-0.2, -0.15) is 0 Å². The van der Waals surface area contributed by atoms with Crippen LogP contribution in [0.1, 0.15) is 19.0 Å². The number of thiazole rings is 1. The Bertz CT molecular complexity index is 542. The number of hydrogen-bond donors (Lipinski definition) is 1. The Hall–Kier alpha value is -0.910. The molecule has 0 radical (unpaired) electrons. The van der Waals surface area contributed by atoms with E-state index < -0.39 is 0 Å². The first-order valence-corrected chi connectivity index (χ1v) is 7.91. The van der Waals surface area contributed by atoms with Crippen molar-refractivity contribution in [3.63, 3.8) is 0 Å². The number of aromatic nitrogens is 1. The number of ether oxygens (including phenoxy) is 1. The van der Waals surface area contributed by atoms with Gasteiger partial charge in [-0.1, -0.05) is 22.9 Å². The van der Waals surface area contributed by atoms with E-state index in [9.17, 15) is 0 Å². The monoisotopic (exact) mass is 340 g/mol. The topological polar surface area (TPSA) is 34.1 Å². The van der Waals surface area contributed by atoms with Crippen molar-refractivity contribution in [2.75, 3.05) is 13.7 Å². The molecule has 1 N–H and O–H groups in total. The second kappa shape index (κ2) is 7.03. The Labute approximate surface area is 126 Å². The maximum Gasteiger partial charge on any atom is 0.124 e. The molecule has 0 saturated carbocycles. The van der Waals surface area contributed by atoms with Crippen molar-refractivity contribution in [2.45, 2.75) is 19.9 Å². The average molecular weight is 341 g/mol. The lowest BCUT2D eigenvalue weighted by atomic mass is 10.2. The summed E-state index contributed by atoms with van der Waals surface area (Å²) in [5, 5.41) is 6.48. The van der Waals surface area contributed by atoms with Crippen molar-refractivity contribution in [2.24, 2.45) is 0 Å². The first kappa shape index (κ1) is 14.5. The molecule has 19 heavy (non-hydrogen) atoms. The lowest BCUT2D eigenvalue weighted by Crippen LogP contribution is -2.13. The van der Waals surface area contributed by atoms with Gasteiger partial charge in [-0.15, -0.1) is 11.3 Å². The number of methoxy groups -OCH3 is 1. The summed E-state index contributed by atoms with van der Waals surface area (Å²) >= 11 is 5.22. The number of rotatable bonds is 6. The summed E-state index contributed by atoms with van der Waals surface area (Å²) in [6.07, 6.45) is 1.14.